The number of carbonyl (C=O) groups excluding carboxylic acids is 1. The molecule has 76 valence electrons. The molecular formula is C9H13N3O2. The predicted molar refractivity (Wildman–Crippen MR) is 49.4 cm³/mol. The van der Waals surface area contributed by atoms with Gasteiger partial charge in [0, 0.05) is 12.4 Å². The van der Waals surface area contributed by atoms with Crippen LogP contribution in [0.15, 0.2) is 18.7 Å². The average molecular weight is 195 g/mol. The van der Waals surface area contributed by atoms with Crippen LogP contribution in [0.5, 0.6) is 0 Å². The largest absolute Gasteiger partial charge is 0.465 e. The molecule has 0 amide bonds. The highest BCUT2D eigenvalue weighted by atomic mass is 16.5. The lowest BCUT2D eigenvalue weighted by Gasteiger charge is -2.09. The van der Waals surface area contributed by atoms with E-state index < -0.39 is 0 Å². The van der Waals surface area contributed by atoms with E-state index in [2.05, 4.69) is 10.3 Å². The number of nitrogens with one attached hydrogen (secondary N) is 1. The van der Waals surface area contributed by atoms with Gasteiger partial charge in [-0.2, -0.15) is 0 Å². The van der Waals surface area contributed by atoms with Crippen LogP contribution in [0.4, 0.5) is 0 Å². The second-order valence-corrected chi connectivity index (χ2v) is 3.45. The molecule has 14 heavy (non-hydrogen) atoms. The number of ether oxygens (including phenoxy) is 1. The summed E-state index contributed by atoms with van der Waals surface area (Å²) in [6.45, 7) is 4.15. The van der Waals surface area contributed by atoms with Gasteiger partial charge in [0.15, 0.2) is 0 Å². The van der Waals surface area contributed by atoms with Crippen LogP contribution < -0.4 is 5.32 Å². The molecule has 2 heterocycles. The summed E-state index contributed by atoms with van der Waals surface area (Å²) in [5, 5.41) is 3.08. The smallest absolute Gasteiger partial charge is 0.327 e. The van der Waals surface area contributed by atoms with Crippen LogP contribution >= 0.6 is 0 Å². The molecule has 1 aromatic rings. The summed E-state index contributed by atoms with van der Waals surface area (Å²) in [4.78, 5) is 15.3. The zero-order chi connectivity index (χ0) is 10.2. The standard InChI is InChI=1S/C9H13N3O2/c1-3-14-8(13)7-9(2,11-7)12-5-4-10-6-12/h4-7,11H,3H2,1-2H3/t7-,9-/m1/s1. The van der Waals surface area contributed by atoms with Gasteiger partial charge >= 0.3 is 5.97 Å². The molecule has 1 saturated heterocycles. The van der Waals surface area contributed by atoms with Crippen molar-refractivity contribution in [3.8, 4) is 0 Å². The monoisotopic (exact) mass is 195 g/mol. The maximum Gasteiger partial charge on any atom is 0.327 e. The Hall–Kier alpha value is -1.36. The lowest BCUT2D eigenvalue weighted by molar-refractivity contribution is -0.143. The first-order chi connectivity index (χ1) is 6.68. The molecule has 0 bridgehead atoms. The Morgan fingerprint density at radius 2 is 2.57 bits per heavy atom. The van der Waals surface area contributed by atoms with Crippen molar-refractivity contribution in [2.45, 2.75) is 25.6 Å². The average Bonchev–Trinajstić information content (AvgIpc) is 2.67. The first-order valence-corrected chi connectivity index (χ1v) is 4.61. The maximum absolute atomic E-state index is 11.4. The molecule has 0 unspecified atom stereocenters. The zero-order valence-electron chi connectivity index (χ0n) is 8.23. The van der Waals surface area contributed by atoms with Crippen molar-refractivity contribution < 1.29 is 9.53 Å². The number of aromatic nitrogens is 2. The van der Waals surface area contributed by atoms with Crippen molar-refractivity contribution in [3.05, 3.63) is 18.7 Å². The first kappa shape index (κ1) is 9.21. The Labute approximate surface area is 82.1 Å². The van der Waals surface area contributed by atoms with E-state index in [0.717, 1.165) is 0 Å². The van der Waals surface area contributed by atoms with Gasteiger partial charge in [-0.15, -0.1) is 0 Å². The van der Waals surface area contributed by atoms with E-state index in [1.807, 2.05) is 17.7 Å². The fraction of sp³-hybridized carbons (Fsp3) is 0.556. The minimum absolute atomic E-state index is 0.205. The van der Waals surface area contributed by atoms with Crippen LogP contribution in [-0.4, -0.2) is 28.2 Å². The Kier molecular flexibility index (Phi) is 2.03. The second kappa shape index (κ2) is 3.09. The lowest BCUT2D eigenvalue weighted by Crippen LogP contribution is -2.23. The number of hydrogen-bond acceptors (Lipinski definition) is 4. The van der Waals surface area contributed by atoms with Crippen molar-refractivity contribution in [1.82, 2.24) is 14.9 Å². The molecule has 0 spiro atoms. The van der Waals surface area contributed by atoms with Crippen molar-refractivity contribution in [2.24, 2.45) is 0 Å². The third kappa shape index (κ3) is 1.29. The molecule has 1 N–H and O–H groups in total. The van der Waals surface area contributed by atoms with Crippen molar-refractivity contribution >= 4 is 5.97 Å². The number of rotatable bonds is 3. The summed E-state index contributed by atoms with van der Waals surface area (Å²) in [6.07, 6.45) is 5.20. The third-order valence-electron chi connectivity index (χ3n) is 2.48. The highest BCUT2D eigenvalue weighted by Gasteiger charge is 2.56. The fourth-order valence-corrected chi connectivity index (χ4v) is 1.52. The van der Waals surface area contributed by atoms with Crippen LogP contribution in [0.3, 0.4) is 0 Å². The van der Waals surface area contributed by atoms with Crippen LogP contribution in [0.25, 0.3) is 0 Å². The number of esters is 1. The third-order valence-corrected chi connectivity index (χ3v) is 2.48. The maximum atomic E-state index is 11.4. The van der Waals surface area contributed by atoms with Crippen LogP contribution in [0.2, 0.25) is 0 Å². The van der Waals surface area contributed by atoms with Gasteiger partial charge in [0.05, 0.1) is 12.9 Å². The van der Waals surface area contributed by atoms with Crippen LogP contribution in [-0.2, 0) is 15.2 Å². The quantitative estimate of drug-likeness (QED) is 0.548. The summed E-state index contributed by atoms with van der Waals surface area (Å²) < 4.78 is 6.79. The summed E-state index contributed by atoms with van der Waals surface area (Å²) in [5.74, 6) is -0.205. The Bertz CT molecular complexity index is 336. The number of nitrogens with zero attached hydrogens (tertiary/aromatic N) is 2. The normalized spacial score (nSPS) is 30.0. The van der Waals surface area contributed by atoms with Gasteiger partial charge in [-0.05, 0) is 13.8 Å². The Morgan fingerprint density at radius 1 is 1.79 bits per heavy atom. The lowest BCUT2D eigenvalue weighted by atomic mass is 10.2. The summed E-state index contributed by atoms with van der Waals surface area (Å²) >= 11 is 0. The molecule has 2 rings (SSSR count). The SMILES string of the molecule is CCOC(=O)[C@H]1N[C@]1(C)n1ccnc1. The van der Waals surface area contributed by atoms with E-state index in [1.54, 1.807) is 19.4 Å². The summed E-state index contributed by atoms with van der Waals surface area (Å²) in [5.41, 5.74) is -0.358. The van der Waals surface area contributed by atoms with Gasteiger partial charge in [0.2, 0.25) is 0 Å². The Balaban J connectivity index is 2.06. The van der Waals surface area contributed by atoms with Crippen molar-refractivity contribution in [1.29, 1.82) is 0 Å². The highest BCUT2D eigenvalue weighted by molar-refractivity contribution is 5.80. The molecule has 5 nitrogen and oxygen atoms in total. The predicted octanol–water partition coefficient (Wildman–Crippen LogP) is 0.0907. The molecule has 1 aromatic heterocycles. The molecule has 1 fully saturated rings. The summed E-state index contributed by atoms with van der Waals surface area (Å²) in [6, 6.07) is -0.253. The minimum atomic E-state index is -0.358. The topological polar surface area (TPSA) is 66.1 Å². The van der Waals surface area contributed by atoms with Gasteiger partial charge in [-0.3, -0.25) is 10.1 Å². The van der Waals surface area contributed by atoms with Gasteiger partial charge in [0.1, 0.15) is 11.7 Å². The van der Waals surface area contributed by atoms with Gasteiger partial charge < -0.3 is 9.30 Å². The number of hydrogen-bond donors (Lipinski definition) is 1. The highest BCUT2D eigenvalue weighted by Crippen LogP contribution is 2.32. The number of imidazole rings is 1. The molecule has 1 aliphatic heterocycles. The zero-order valence-corrected chi connectivity index (χ0v) is 8.23. The molecule has 1 aliphatic rings. The number of carbonyl (C=O) groups is 1. The minimum Gasteiger partial charge on any atom is -0.465 e. The molecule has 5 heteroatoms. The molecule has 0 aromatic carbocycles. The van der Waals surface area contributed by atoms with Gasteiger partial charge in [0.25, 0.3) is 0 Å². The van der Waals surface area contributed by atoms with Crippen molar-refractivity contribution in [3.63, 3.8) is 0 Å². The molecule has 2 atom stereocenters. The van der Waals surface area contributed by atoms with Crippen LogP contribution in [0, 0.1) is 0 Å². The van der Waals surface area contributed by atoms with E-state index in [9.17, 15) is 4.79 Å². The van der Waals surface area contributed by atoms with Crippen molar-refractivity contribution in [2.75, 3.05) is 6.61 Å². The van der Waals surface area contributed by atoms with E-state index in [4.69, 9.17) is 4.74 Å². The van der Waals surface area contributed by atoms with E-state index in [1.165, 1.54) is 0 Å². The van der Waals surface area contributed by atoms with Crippen LogP contribution in [0.1, 0.15) is 13.8 Å². The fourth-order valence-electron chi connectivity index (χ4n) is 1.52. The molecular weight excluding hydrogens is 182 g/mol. The molecule has 0 saturated carbocycles. The van der Waals surface area contributed by atoms with E-state index in [0.29, 0.717) is 6.61 Å². The molecule has 0 aliphatic carbocycles. The van der Waals surface area contributed by atoms with E-state index >= 15 is 0 Å². The summed E-state index contributed by atoms with van der Waals surface area (Å²) in [7, 11) is 0. The van der Waals surface area contributed by atoms with E-state index in [-0.39, 0.29) is 17.7 Å². The van der Waals surface area contributed by atoms with Gasteiger partial charge in [-0.25, -0.2) is 4.98 Å². The first-order valence-electron chi connectivity index (χ1n) is 4.61. The van der Waals surface area contributed by atoms with Gasteiger partial charge in [-0.1, -0.05) is 0 Å². The second-order valence-electron chi connectivity index (χ2n) is 3.45. The molecule has 0 radical (unpaired) electrons. The Morgan fingerprint density at radius 3 is 3.14 bits per heavy atom.